The predicted molar refractivity (Wildman–Crippen MR) is 64.5 cm³/mol. The Morgan fingerprint density at radius 1 is 1.50 bits per heavy atom. The Morgan fingerprint density at radius 3 is 3.12 bits per heavy atom. The van der Waals surface area contributed by atoms with Crippen LogP contribution >= 0.6 is 15.9 Å². The number of rotatable bonds is 1. The van der Waals surface area contributed by atoms with Crippen LogP contribution in [0.1, 0.15) is 24.7 Å². The number of halogens is 1. The van der Waals surface area contributed by atoms with Crippen LogP contribution in [0.3, 0.4) is 0 Å². The maximum absolute atomic E-state index is 9.90. The van der Waals surface area contributed by atoms with Crippen molar-refractivity contribution in [3.8, 4) is 5.88 Å². The summed E-state index contributed by atoms with van der Waals surface area (Å²) in [5.74, 6) is 1.12. The van der Waals surface area contributed by atoms with Gasteiger partial charge in [-0.1, -0.05) is 6.07 Å². The topological polar surface area (TPSA) is 49.6 Å². The number of imidazole rings is 1. The lowest BCUT2D eigenvalue weighted by Gasteiger charge is -2.09. The van der Waals surface area contributed by atoms with Crippen molar-refractivity contribution >= 4 is 21.4 Å². The van der Waals surface area contributed by atoms with Gasteiger partial charge < -0.3 is 10.4 Å². The normalized spacial score (nSPS) is 20.7. The second-order valence-electron chi connectivity index (χ2n) is 4.01. The zero-order chi connectivity index (χ0) is 11.1. The molecule has 16 heavy (non-hydrogen) atoms. The average Bonchev–Trinajstić information content (AvgIpc) is 2.87. The molecule has 3 heterocycles. The van der Waals surface area contributed by atoms with Crippen LogP contribution in [0, 0.1) is 0 Å². The molecule has 0 radical (unpaired) electrons. The van der Waals surface area contributed by atoms with Gasteiger partial charge in [-0.3, -0.25) is 4.40 Å². The molecule has 1 unspecified atom stereocenters. The van der Waals surface area contributed by atoms with Crippen LogP contribution in [0.2, 0.25) is 0 Å². The summed E-state index contributed by atoms with van der Waals surface area (Å²) in [6.45, 7) is 1.02. The molecule has 3 rings (SSSR count). The number of nitrogens with zero attached hydrogens (tertiary/aromatic N) is 2. The summed E-state index contributed by atoms with van der Waals surface area (Å²) in [6, 6.07) is 5.68. The monoisotopic (exact) mass is 281 g/mol. The van der Waals surface area contributed by atoms with Gasteiger partial charge in [0.1, 0.15) is 10.4 Å². The summed E-state index contributed by atoms with van der Waals surface area (Å²) in [7, 11) is 0. The molecule has 1 atom stereocenters. The van der Waals surface area contributed by atoms with Gasteiger partial charge in [-0.15, -0.1) is 0 Å². The van der Waals surface area contributed by atoms with Crippen LogP contribution in [0.4, 0.5) is 0 Å². The number of nitrogens with one attached hydrogen (secondary N) is 1. The summed E-state index contributed by atoms with van der Waals surface area (Å²) >= 11 is 3.43. The third-order valence-electron chi connectivity index (χ3n) is 2.99. The zero-order valence-corrected chi connectivity index (χ0v) is 10.2. The van der Waals surface area contributed by atoms with Gasteiger partial charge in [0.2, 0.25) is 0 Å². The number of hydrogen-bond donors (Lipinski definition) is 2. The minimum absolute atomic E-state index is 0.236. The van der Waals surface area contributed by atoms with Crippen LogP contribution in [0.15, 0.2) is 22.8 Å². The number of aromatic hydroxyl groups is 1. The molecule has 84 valence electrons. The summed E-state index contributed by atoms with van der Waals surface area (Å²) in [5.41, 5.74) is 0.906. The maximum Gasteiger partial charge on any atom is 0.197 e. The first-order valence-corrected chi connectivity index (χ1v) is 6.16. The van der Waals surface area contributed by atoms with Crippen molar-refractivity contribution in [2.75, 3.05) is 6.54 Å². The molecule has 2 N–H and O–H groups in total. The molecule has 1 saturated heterocycles. The third kappa shape index (κ3) is 1.43. The zero-order valence-electron chi connectivity index (χ0n) is 8.65. The fourth-order valence-corrected chi connectivity index (χ4v) is 2.74. The van der Waals surface area contributed by atoms with E-state index in [2.05, 4.69) is 26.2 Å². The summed E-state index contributed by atoms with van der Waals surface area (Å²) in [4.78, 5) is 4.49. The average molecular weight is 282 g/mol. The van der Waals surface area contributed by atoms with Crippen LogP contribution in [-0.4, -0.2) is 21.0 Å². The van der Waals surface area contributed by atoms with Crippen molar-refractivity contribution in [1.29, 1.82) is 0 Å². The maximum atomic E-state index is 9.90. The summed E-state index contributed by atoms with van der Waals surface area (Å²) in [6.07, 6.45) is 2.23. The van der Waals surface area contributed by atoms with E-state index in [1.807, 2.05) is 12.1 Å². The van der Waals surface area contributed by atoms with Crippen LogP contribution in [0.5, 0.6) is 5.88 Å². The van der Waals surface area contributed by atoms with Crippen molar-refractivity contribution < 1.29 is 5.11 Å². The molecule has 0 amide bonds. The highest BCUT2D eigenvalue weighted by Gasteiger charge is 2.23. The van der Waals surface area contributed by atoms with E-state index < -0.39 is 0 Å². The van der Waals surface area contributed by atoms with Gasteiger partial charge in [0, 0.05) is 0 Å². The highest BCUT2D eigenvalue weighted by Crippen LogP contribution is 2.30. The van der Waals surface area contributed by atoms with E-state index >= 15 is 0 Å². The lowest BCUT2D eigenvalue weighted by Crippen LogP contribution is -2.15. The van der Waals surface area contributed by atoms with Crippen LogP contribution in [-0.2, 0) is 0 Å². The molecule has 5 heteroatoms. The van der Waals surface area contributed by atoms with Crippen molar-refractivity contribution in [3.63, 3.8) is 0 Å². The highest BCUT2D eigenvalue weighted by atomic mass is 79.9. The van der Waals surface area contributed by atoms with Crippen LogP contribution < -0.4 is 5.32 Å². The largest absolute Gasteiger partial charge is 0.494 e. The first-order chi connectivity index (χ1) is 7.77. The lowest BCUT2D eigenvalue weighted by atomic mass is 10.2. The predicted octanol–water partition coefficient (Wildman–Crippen LogP) is 2.23. The van der Waals surface area contributed by atoms with E-state index in [1.54, 1.807) is 10.5 Å². The lowest BCUT2D eigenvalue weighted by molar-refractivity contribution is 0.437. The van der Waals surface area contributed by atoms with Gasteiger partial charge in [-0.05, 0) is 47.4 Å². The Labute approximate surface area is 101 Å². The Kier molecular flexibility index (Phi) is 2.37. The molecule has 0 aliphatic carbocycles. The number of hydrogen-bond acceptors (Lipinski definition) is 3. The van der Waals surface area contributed by atoms with Gasteiger partial charge >= 0.3 is 0 Å². The third-order valence-corrected chi connectivity index (χ3v) is 3.58. The molecule has 2 aromatic heterocycles. The van der Waals surface area contributed by atoms with E-state index in [-0.39, 0.29) is 11.9 Å². The Bertz CT molecular complexity index is 531. The molecule has 2 aromatic rings. The van der Waals surface area contributed by atoms with Gasteiger partial charge in [-0.2, -0.15) is 0 Å². The Hall–Kier alpha value is -1.07. The second-order valence-corrected chi connectivity index (χ2v) is 4.77. The van der Waals surface area contributed by atoms with E-state index in [0.29, 0.717) is 0 Å². The molecular formula is C11H12BrN3O. The molecule has 4 nitrogen and oxygen atoms in total. The van der Waals surface area contributed by atoms with Crippen molar-refractivity contribution in [3.05, 3.63) is 28.6 Å². The first kappa shape index (κ1) is 10.1. The van der Waals surface area contributed by atoms with Crippen molar-refractivity contribution in [2.24, 2.45) is 0 Å². The van der Waals surface area contributed by atoms with Gasteiger partial charge in [0.05, 0.1) is 11.6 Å². The standard InChI is InChI=1S/C11H12BrN3O/c12-10-8-4-1-5-9(16)15(8)11(14-10)7-3-2-6-13-7/h1,4-5,7,13,16H,2-3,6H2. The van der Waals surface area contributed by atoms with E-state index in [0.717, 1.165) is 35.3 Å². The minimum Gasteiger partial charge on any atom is -0.494 e. The molecule has 0 saturated carbocycles. The van der Waals surface area contributed by atoms with Crippen molar-refractivity contribution in [2.45, 2.75) is 18.9 Å². The number of fused-ring (bicyclic) bond motifs is 1. The molecule has 1 aliphatic heterocycles. The SMILES string of the molecule is Oc1cccc2c(Br)nc(C3CCCN3)n12. The fourth-order valence-electron chi connectivity index (χ4n) is 2.25. The molecule has 0 spiro atoms. The van der Waals surface area contributed by atoms with Crippen LogP contribution in [0.25, 0.3) is 5.52 Å². The second kappa shape index (κ2) is 3.75. The van der Waals surface area contributed by atoms with E-state index in [1.165, 1.54) is 0 Å². The highest BCUT2D eigenvalue weighted by molar-refractivity contribution is 9.10. The number of pyridine rings is 1. The first-order valence-electron chi connectivity index (χ1n) is 5.36. The fraction of sp³-hybridized carbons (Fsp3) is 0.364. The summed E-state index contributed by atoms with van der Waals surface area (Å²) in [5, 5.41) is 13.3. The Balaban J connectivity index is 2.24. The molecule has 1 aliphatic rings. The van der Waals surface area contributed by atoms with Gasteiger partial charge in [-0.25, -0.2) is 4.98 Å². The van der Waals surface area contributed by atoms with Gasteiger partial charge in [0.25, 0.3) is 0 Å². The molecule has 0 bridgehead atoms. The van der Waals surface area contributed by atoms with Gasteiger partial charge in [0.15, 0.2) is 5.88 Å². The molecule has 1 fully saturated rings. The smallest absolute Gasteiger partial charge is 0.197 e. The van der Waals surface area contributed by atoms with E-state index in [9.17, 15) is 5.11 Å². The minimum atomic E-state index is 0.236. The summed E-state index contributed by atoms with van der Waals surface area (Å²) < 4.78 is 2.58. The Morgan fingerprint density at radius 2 is 2.38 bits per heavy atom. The quantitative estimate of drug-likeness (QED) is 0.843. The molecular weight excluding hydrogens is 270 g/mol. The van der Waals surface area contributed by atoms with Crippen molar-refractivity contribution in [1.82, 2.24) is 14.7 Å². The number of aromatic nitrogens is 2. The van der Waals surface area contributed by atoms with E-state index in [4.69, 9.17) is 0 Å². The molecule has 0 aromatic carbocycles.